The van der Waals surface area contributed by atoms with Gasteiger partial charge < -0.3 is 10.6 Å². The molecular weight excluding hydrogens is 306 g/mol. The maximum Gasteiger partial charge on any atom is 0.343 e. The average molecular weight is 327 g/mol. The monoisotopic (exact) mass is 327 g/mol. The third kappa shape index (κ3) is 3.90. The predicted molar refractivity (Wildman–Crippen MR) is 82.4 cm³/mol. The minimum absolute atomic E-state index is 0.0607. The molecule has 9 heteroatoms. The molecule has 0 aromatic carbocycles. The molecule has 0 aliphatic carbocycles. The molecule has 1 atom stereocenters. The summed E-state index contributed by atoms with van der Waals surface area (Å²) < 4.78 is 1.53. The first-order valence-corrected chi connectivity index (χ1v) is 8.36. The minimum Gasteiger partial charge on any atom is -0.369 e. The van der Waals surface area contributed by atoms with E-state index in [0.717, 1.165) is 19.3 Å². The molecule has 0 spiro atoms. The van der Waals surface area contributed by atoms with Crippen LogP contribution >= 0.6 is 11.8 Å². The van der Waals surface area contributed by atoms with Crippen LogP contribution in [-0.2, 0) is 16.1 Å². The fourth-order valence-electron chi connectivity index (χ4n) is 2.49. The normalized spacial score (nSPS) is 18.4. The summed E-state index contributed by atoms with van der Waals surface area (Å²) in [5, 5.41) is 6.85. The maximum atomic E-state index is 12.2. The van der Waals surface area contributed by atoms with Gasteiger partial charge >= 0.3 is 5.69 Å². The first-order chi connectivity index (χ1) is 10.5. The zero-order chi connectivity index (χ0) is 16.1. The van der Waals surface area contributed by atoms with E-state index in [0.29, 0.717) is 24.8 Å². The number of nitrogens with zero attached hydrogens (tertiary/aromatic N) is 3. The molecule has 3 N–H and O–H groups in total. The summed E-state index contributed by atoms with van der Waals surface area (Å²) in [6, 6.07) is 0. The van der Waals surface area contributed by atoms with Crippen molar-refractivity contribution in [1.82, 2.24) is 19.7 Å². The Labute approximate surface area is 132 Å². The highest BCUT2D eigenvalue weighted by molar-refractivity contribution is 7.99. The van der Waals surface area contributed by atoms with Crippen LogP contribution in [0.1, 0.15) is 26.2 Å². The summed E-state index contributed by atoms with van der Waals surface area (Å²) >= 11 is 1.23. The Morgan fingerprint density at radius 2 is 2.27 bits per heavy atom. The number of thioether (sulfide) groups is 1. The molecule has 1 aromatic rings. The fraction of sp³-hybridized carbons (Fsp3) is 0.692. The summed E-state index contributed by atoms with van der Waals surface area (Å²) in [4.78, 5) is 36.7. The van der Waals surface area contributed by atoms with E-state index in [1.807, 2.05) is 6.92 Å². The molecule has 22 heavy (non-hydrogen) atoms. The van der Waals surface area contributed by atoms with E-state index in [4.69, 9.17) is 5.73 Å². The zero-order valence-electron chi connectivity index (χ0n) is 12.6. The van der Waals surface area contributed by atoms with Gasteiger partial charge in [0.2, 0.25) is 11.8 Å². The molecule has 1 saturated heterocycles. The summed E-state index contributed by atoms with van der Waals surface area (Å²) in [5.74, 6) is -0.477. The van der Waals surface area contributed by atoms with Crippen molar-refractivity contribution < 1.29 is 9.59 Å². The van der Waals surface area contributed by atoms with Gasteiger partial charge in [-0.3, -0.25) is 14.2 Å². The highest BCUT2D eigenvalue weighted by atomic mass is 32.2. The highest BCUT2D eigenvalue weighted by Crippen LogP contribution is 2.19. The molecule has 0 radical (unpaired) electrons. The van der Waals surface area contributed by atoms with Gasteiger partial charge in [0.1, 0.15) is 0 Å². The molecule has 1 fully saturated rings. The Morgan fingerprint density at radius 3 is 2.95 bits per heavy atom. The lowest BCUT2D eigenvalue weighted by Gasteiger charge is -2.31. The Morgan fingerprint density at radius 1 is 1.50 bits per heavy atom. The first-order valence-electron chi connectivity index (χ1n) is 7.38. The van der Waals surface area contributed by atoms with Crippen LogP contribution in [0.5, 0.6) is 0 Å². The standard InChI is InChI=1S/C13H21N5O3S/c1-2-5-18-12(21)15-16-13(18)22-8-10(19)17-6-3-4-9(7-17)11(14)20/h9H,2-8H2,1H3,(H2,14,20)(H,15,21)/t9-/m1/s1. The van der Waals surface area contributed by atoms with Gasteiger partial charge in [-0.2, -0.15) is 0 Å². The lowest BCUT2D eigenvalue weighted by atomic mass is 9.97. The van der Waals surface area contributed by atoms with Crippen LogP contribution in [0, 0.1) is 5.92 Å². The Bertz CT molecular complexity index is 597. The van der Waals surface area contributed by atoms with Crippen molar-refractivity contribution in [3.63, 3.8) is 0 Å². The van der Waals surface area contributed by atoms with E-state index >= 15 is 0 Å². The van der Waals surface area contributed by atoms with Gasteiger partial charge in [0.25, 0.3) is 0 Å². The van der Waals surface area contributed by atoms with E-state index in [-0.39, 0.29) is 29.2 Å². The number of aromatic nitrogens is 3. The number of rotatable bonds is 6. The van der Waals surface area contributed by atoms with Crippen LogP contribution in [0.2, 0.25) is 0 Å². The smallest absolute Gasteiger partial charge is 0.343 e. The fourth-order valence-corrected chi connectivity index (χ4v) is 3.36. The Hall–Kier alpha value is -1.77. The van der Waals surface area contributed by atoms with E-state index in [1.165, 1.54) is 16.3 Å². The molecule has 1 aliphatic heterocycles. The minimum atomic E-state index is -0.353. The molecule has 1 aromatic heterocycles. The van der Waals surface area contributed by atoms with Crippen LogP contribution in [0.15, 0.2) is 9.95 Å². The molecule has 2 amide bonds. The van der Waals surface area contributed by atoms with Crippen molar-refractivity contribution in [3.8, 4) is 0 Å². The number of carbonyl (C=O) groups is 2. The van der Waals surface area contributed by atoms with Crippen LogP contribution < -0.4 is 11.4 Å². The summed E-state index contributed by atoms with van der Waals surface area (Å²) in [6.45, 7) is 3.57. The molecular formula is C13H21N5O3S. The van der Waals surface area contributed by atoms with Gasteiger partial charge in [0.05, 0.1) is 11.7 Å². The van der Waals surface area contributed by atoms with Crippen molar-refractivity contribution in [3.05, 3.63) is 10.5 Å². The van der Waals surface area contributed by atoms with Crippen LogP contribution in [0.25, 0.3) is 0 Å². The van der Waals surface area contributed by atoms with E-state index < -0.39 is 0 Å². The van der Waals surface area contributed by atoms with Gasteiger partial charge in [0.15, 0.2) is 5.16 Å². The Balaban J connectivity index is 1.92. The molecule has 1 aliphatic rings. The van der Waals surface area contributed by atoms with Gasteiger partial charge in [-0.25, -0.2) is 9.89 Å². The van der Waals surface area contributed by atoms with Crippen molar-refractivity contribution in [1.29, 1.82) is 0 Å². The number of carbonyl (C=O) groups excluding carboxylic acids is 2. The molecule has 2 heterocycles. The van der Waals surface area contributed by atoms with Gasteiger partial charge in [-0.05, 0) is 19.3 Å². The third-order valence-electron chi connectivity index (χ3n) is 3.67. The number of H-pyrrole nitrogens is 1. The first kappa shape index (κ1) is 16.6. The van der Waals surface area contributed by atoms with E-state index in [9.17, 15) is 14.4 Å². The maximum absolute atomic E-state index is 12.2. The van der Waals surface area contributed by atoms with Crippen molar-refractivity contribution >= 4 is 23.6 Å². The molecule has 0 unspecified atom stereocenters. The lowest BCUT2D eigenvalue weighted by Crippen LogP contribution is -2.44. The number of hydrogen-bond donors (Lipinski definition) is 2. The summed E-state index contributed by atoms with van der Waals surface area (Å²) in [5.41, 5.74) is 5.06. The second kappa shape index (κ2) is 7.48. The largest absolute Gasteiger partial charge is 0.369 e. The van der Waals surface area contributed by atoms with Gasteiger partial charge in [-0.15, -0.1) is 5.10 Å². The van der Waals surface area contributed by atoms with Crippen molar-refractivity contribution in [2.45, 2.75) is 37.9 Å². The number of nitrogens with two attached hydrogens (primary N) is 1. The van der Waals surface area contributed by atoms with Crippen LogP contribution in [0.3, 0.4) is 0 Å². The number of primary amides is 1. The zero-order valence-corrected chi connectivity index (χ0v) is 13.4. The average Bonchev–Trinajstić information content (AvgIpc) is 2.86. The second-order valence-electron chi connectivity index (χ2n) is 5.33. The summed E-state index contributed by atoms with van der Waals surface area (Å²) in [6.07, 6.45) is 2.34. The van der Waals surface area contributed by atoms with Crippen molar-refractivity contribution in [2.75, 3.05) is 18.8 Å². The number of amides is 2. The molecule has 0 saturated carbocycles. The van der Waals surface area contributed by atoms with E-state index in [2.05, 4.69) is 10.2 Å². The highest BCUT2D eigenvalue weighted by Gasteiger charge is 2.27. The predicted octanol–water partition coefficient (Wildman–Crippen LogP) is -0.203. The third-order valence-corrected chi connectivity index (χ3v) is 4.63. The van der Waals surface area contributed by atoms with Gasteiger partial charge in [-0.1, -0.05) is 18.7 Å². The summed E-state index contributed by atoms with van der Waals surface area (Å²) in [7, 11) is 0. The quantitative estimate of drug-likeness (QED) is 0.702. The van der Waals surface area contributed by atoms with Crippen LogP contribution in [0.4, 0.5) is 0 Å². The number of hydrogen-bond acceptors (Lipinski definition) is 5. The van der Waals surface area contributed by atoms with E-state index in [1.54, 1.807) is 4.90 Å². The number of aromatic amines is 1. The topological polar surface area (TPSA) is 114 Å². The second-order valence-corrected chi connectivity index (χ2v) is 6.28. The van der Waals surface area contributed by atoms with Crippen molar-refractivity contribution in [2.24, 2.45) is 11.7 Å². The Kier molecular flexibility index (Phi) is 5.64. The molecule has 2 rings (SSSR count). The molecule has 8 nitrogen and oxygen atoms in total. The number of likely N-dealkylation sites (tertiary alicyclic amines) is 1. The number of piperidine rings is 1. The molecule has 122 valence electrons. The van der Waals surface area contributed by atoms with Crippen LogP contribution in [-0.4, -0.2) is 50.3 Å². The SMILES string of the molecule is CCCn1c(SCC(=O)N2CCC[C@@H](C(N)=O)C2)n[nH]c1=O. The number of nitrogens with one attached hydrogen (secondary N) is 1. The molecule has 0 bridgehead atoms. The van der Waals surface area contributed by atoms with Gasteiger partial charge in [0, 0.05) is 19.6 Å². The lowest BCUT2D eigenvalue weighted by molar-refractivity contribution is -0.132.